The van der Waals surface area contributed by atoms with Crippen LogP contribution in [0.5, 0.6) is 0 Å². The van der Waals surface area contributed by atoms with Gasteiger partial charge in [-0.1, -0.05) is 66.6 Å². The number of carbonyl (C=O) groups excluding carboxylic acids is 2. The molecule has 0 saturated heterocycles. The number of sulfonamides is 1. The SMILES string of the molecule is CCCNC(=O)C(C)N(Cc1cccc(C)c1)C(=O)CN(c1ccc(Cl)cc1C)S(=O)(=O)c1ccccc1. The van der Waals surface area contributed by atoms with E-state index in [1.165, 1.54) is 17.0 Å². The summed E-state index contributed by atoms with van der Waals surface area (Å²) in [5.74, 6) is -0.799. The van der Waals surface area contributed by atoms with Gasteiger partial charge in [0.25, 0.3) is 10.0 Å². The average molecular weight is 556 g/mol. The van der Waals surface area contributed by atoms with Gasteiger partial charge in [-0.25, -0.2) is 8.42 Å². The number of rotatable bonds is 11. The molecule has 9 heteroatoms. The van der Waals surface area contributed by atoms with E-state index in [9.17, 15) is 18.0 Å². The molecule has 2 amide bonds. The molecule has 3 aromatic carbocycles. The molecule has 1 unspecified atom stereocenters. The lowest BCUT2D eigenvalue weighted by Gasteiger charge is -2.32. The molecule has 0 saturated carbocycles. The molecule has 0 fully saturated rings. The van der Waals surface area contributed by atoms with Crippen molar-refractivity contribution in [1.82, 2.24) is 10.2 Å². The predicted octanol–water partition coefficient (Wildman–Crippen LogP) is 5.10. The van der Waals surface area contributed by atoms with Crippen molar-refractivity contribution in [3.63, 3.8) is 0 Å². The van der Waals surface area contributed by atoms with Crippen LogP contribution in [0.15, 0.2) is 77.7 Å². The van der Waals surface area contributed by atoms with E-state index in [1.54, 1.807) is 50.2 Å². The van der Waals surface area contributed by atoms with Crippen molar-refractivity contribution in [2.75, 3.05) is 17.4 Å². The molecule has 0 heterocycles. The molecule has 202 valence electrons. The molecule has 0 aliphatic carbocycles. The number of anilines is 1. The third-order valence-electron chi connectivity index (χ3n) is 6.19. The monoisotopic (exact) mass is 555 g/mol. The molecular formula is C29H34ClN3O4S. The third kappa shape index (κ3) is 7.14. The average Bonchev–Trinajstić information content (AvgIpc) is 2.89. The van der Waals surface area contributed by atoms with Crippen molar-refractivity contribution < 1.29 is 18.0 Å². The second-order valence-corrected chi connectivity index (χ2v) is 11.5. The lowest BCUT2D eigenvalue weighted by Crippen LogP contribution is -2.51. The Morgan fingerprint density at radius 2 is 1.68 bits per heavy atom. The summed E-state index contributed by atoms with van der Waals surface area (Å²) in [6, 6.07) is 19.6. The molecule has 0 aliphatic rings. The fraction of sp³-hybridized carbons (Fsp3) is 0.310. The number of hydrogen-bond acceptors (Lipinski definition) is 4. The maximum absolute atomic E-state index is 13.9. The van der Waals surface area contributed by atoms with E-state index in [-0.39, 0.29) is 17.3 Å². The van der Waals surface area contributed by atoms with Crippen LogP contribution in [0.1, 0.15) is 37.0 Å². The minimum Gasteiger partial charge on any atom is -0.354 e. The zero-order chi connectivity index (χ0) is 27.9. The van der Waals surface area contributed by atoms with Crippen LogP contribution in [-0.2, 0) is 26.2 Å². The van der Waals surface area contributed by atoms with E-state index in [4.69, 9.17) is 11.6 Å². The van der Waals surface area contributed by atoms with Crippen molar-refractivity contribution in [3.05, 3.63) is 94.5 Å². The number of nitrogens with one attached hydrogen (secondary N) is 1. The predicted molar refractivity (Wildman–Crippen MR) is 152 cm³/mol. The molecule has 1 atom stereocenters. The Morgan fingerprint density at radius 3 is 2.32 bits per heavy atom. The smallest absolute Gasteiger partial charge is 0.264 e. The number of aryl methyl sites for hydroxylation is 2. The molecule has 7 nitrogen and oxygen atoms in total. The number of hydrogen-bond donors (Lipinski definition) is 1. The molecule has 3 aromatic rings. The Hall–Kier alpha value is -3.36. The topological polar surface area (TPSA) is 86.8 Å². The van der Waals surface area contributed by atoms with Crippen LogP contribution >= 0.6 is 11.6 Å². The van der Waals surface area contributed by atoms with Gasteiger partial charge in [-0.15, -0.1) is 0 Å². The summed E-state index contributed by atoms with van der Waals surface area (Å²) in [7, 11) is -4.12. The zero-order valence-corrected chi connectivity index (χ0v) is 23.7. The van der Waals surface area contributed by atoms with Gasteiger partial charge < -0.3 is 10.2 Å². The van der Waals surface area contributed by atoms with Gasteiger partial charge in [0, 0.05) is 18.1 Å². The second-order valence-electron chi connectivity index (χ2n) is 9.23. The summed E-state index contributed by atoms with van der Waals surface area (Å²) >= 11 is 6.14. The summed E-state index contributed by atoms with van der Waals surface area (Å²) in [6.07, 6.45) is 0.753. The quantitative estimate of drug-likeness (QED) is 0.357. The number of halogens is 1. The van der Waals surface area contributed by atoms with Gasteiger partial charge in [0.05, 0.1) is 10.6 Å². The Morgan fingerprint density at radius 1 is 0.974 bits per heavy atom. The Kier molecular flexibility index (Phi) is 9.94. The third-order valence-corrected chi connectivity index (χ3v) is 8.20. The van der Waals surface area contributed by atoms with Crippen molar-refractivity contribution in [3.8, 4) is 0 Å². The normalized spacial score (nSPS) is 12.0. The first-order chi connectivity index (χ1) is 18.0. The molecule has 3 rings (SSSR count). The van der Waals surface area contributed by atoms with Crippen LogP contribution in [0.25, 0.3) is 0 Å². The van der Waals surface area contributed by atoms with Gasteiger partial charge in [0.2, 0.25) is 11.8 Å². The summed E-state index contributed by atoms with van der Waals surface area (Å²) < 4.78 is 28.7. The van der Waals surface area contributed by atoms with Crippen LogP contribution in [0.3, 0.4) is 0 Å². The number of nitrogens with zero attached hydrogens (tertiary/aromatic N) is 2. The molecule has 1 N–H and O–H groups in total. The number of amides is 2. The zero-order valence-electron chi connectivity index (χ0n) is 22.1. The van der Waals surface area contributed by atoms with Gasteiger partial charge in [-0.05, 0) is 68.7 Å². The summed E-state index contributed by atoms with van der Waals surface area (Å²) in [6.45, 7) is 7.43. The van der Waals surface area contributed by atoms with Crippen molar-refractivity contribution in [1.29, 1.82) is 0 Å². The first-order valence-corrected chi connectivity index (χ1v) is 14.3. The highest BCUT2D eigenvalue weighted by molar-refractivity contribution is 7.92. The van der Waals surface area contributed by atoms with Gasteiger partial charge in [0.1, 0.15) is 12.6 Å². The first kappa shape index (κ1) is 29.2. The van der Waals surface area contributed by atoms with E-state index < -0.39 is 28.5 Å². The standard InChI is InChI=1S/C29H34ClN3O4S/c1-5-16-31-29(35)23(4)32(19-24-11-9-10-21(2)17-24)28(34)20-33(27-15-14-25(30)18-22(27)3)38(36,37)26-12-7-6-8-13-26/h6-15,17-18,23H,5,16,19-20H2,1-4H3,(H,31,35). The maximum Gasteiger partial charge on any atom is 0.264 e. The molecule has 0 radical (unpaired) electrons. The fourth-order valence-corrected chi connectivity index (χ4v) is 5.84. The van der Waals surface area contributed by atoms with Crippen LogP contribution in [0.2, 0.25) is 5.02 Å². The van der Waals surface area contributed by atoms with Gasteiger partial charge in [-0.2, -0.15) is 0 Å². The van der Waals surface area contributed by atoms with Crippen LogP contribution in [-0.4, -0.2) is 44.3 Å². The Labute approximate surface area is 230 Å². The van der Waals surface area contributed by atoms with E-state index in [2.05, 4.69) is 5.32 Å². The Bertz CT molecular complexity index is 1380. The van der Waals surface area contributed by atoms with Crippen molar-refractivity contribution in [2.24, 2.45) is 0 Å². The van der Waals surface area contributed by atoms with Crippen LogP contribution in [0, 0.1) is 13.8 Å². The van der Waals surface area contributed by atoms with Crippen LogP contribution in [0.4, 0.5) is 5.69 Å². The summed E-state index contributed by atoms with van der Waals surface area (Å²) in [4.78, 5) is 28.3. The second kappa shape index (κ2) is 12.9. The first-order valence-electron chi connectivity index (χ1n) is 12.5. The fourth-order valence-electron chi connectivity index (χ4n) is 4.12. The lowest BCUT2D eigenvalue weighted by molar-refractivity contribution is -0.139. The Balaban J connectivity index is 2.04. The highest BCUT2D eigenvalue weighted by Crippen LogP contribution is 2.29. The summed E-state index contributed by atoms with van der Waals surface area (Å²) in [5, 5.41) is 3.30. The van der Waals surface area contributed by atoms with Gasteiger partial charge in [-0.3, -0.25) is 13.9 Å². The molecule has 38 heavy (non-hydrogen) atoms. The van der Waals surface area contributed by atoms with E-state index in [1.807, 2.05) is 38.1 Å². The molecule has 0 spiro atoms. The van der Waals surface area contributed by atoms with Gasteiger partial charge >= 0.3 is 0 Å². The number of carbonyl (C=O) groups is 2. The molecule has 0 bridgehead atoms. The van der Waals surface area contributed by atoms with E-state index >= 15 is 0 Å². The molecule has 0 aromatic heterocycles. The maximum atomic E-state index is 13.9. The number of benzene rings is 3. The van der Waals surface area contributed by atoms with E-state index in [0.717, 1.165) is 21.9 Å². The highest BCUT2D eigenvalue weighted by atomic mass is 35.5. The minimum atomic E-state index is -4.12. The minimum absolute atomic E-state index is 0.0566. The molecule has 0 aliphatic heterocycles. The van der Waals surface area contributed by atoms with Crippen molar-refractivity contribution >= 4 is 39.1 Å². The van der Waals surface area contributed by atoms with E-state index in [0.29, 0.717) is 22.8 Å². The van der Waals surface area contributed by atoms with Crippen molar-refractivity contribution in [2.45, 2.75) is 51.6 Å². The van der Waals surface area contributed by atoms with Gasteiger partial charge in [0.15, 0.2) is 0 Å². The summed E-state index contributed by atoms with van der Waals surface area (Å²) in [5.41, 5.74) is 2.80. The highest BCUT2D eigenvalue weighted by Gasteiger charge is 2.33. The molecular weight excluding hydrogens is 522 g/mol. The largest absolute Gasteiger partial charge is 0.354 e. The lowest BCUT2D eigenvalue weighted by atomic mass is 10.1. The van der Waals surface area contributed by atoms with Crippen LogP contribution < -0.4 is 9.62 Å².